The lowest BCUT2D eigenvalue weighted by molar-refractivity contribution is -0.170. The van der Waals surface area contributed by atoms with Crippen LogP contribution in [0.4, 0.5) is 0 Å². The average Bonchev–Trinajstić information content (AvgIpc) is 3.06. The summed E-state index contributed by atoms with van der Waals surface area (Å²) in [5, 5.41) is 4.15. The highest BCUT2D eigenvalue weighted by Gasteiger charge is 2.56. The van der Waals surface area contributed by atoms with Crippen LogP contribution in [0.3, 0.4) is 0 Å². The van der Waals surface area contributed by atoms with Crippen LogP contribution in [0.25, 0.3) is 10.9 Å². The first-order valence-electron chi connectivity index (χ1n) is 9.34. The molecule has 0 radical (unpaired) electrons. The molecule has 6 nitrogen and oxygen atoms in total. The van der Waals surface area contributed by atoms with Crippen LogP contribution in [0.2, 0.25) is 0 Å². The minimum absolute atomic E-state index is 0.0107. The largest absolute Gasteiger partial charge is 0.494 e. The predicted molar refractivity (Wildman–Crippen MR) is 98.6 cm³/mol. The summed E-state index contributed by atoms with van der Waals surface area (Å²) in [6.07, 6.45) is 2.90. The zero-order chi connectivity index (χ0) is 18.1. The lowest BCUT2D eigenvalue weighted by atomic mass is 9.57. The van der Waals surface area contributed by atoms with Crippen molar-refractivity contribution in [1.82, 2.24) is 10.3 Å². The topological polar surface area (TPSA) is 72.6 Å². The number of methoxy groups -OCH3 is 1. The summed E-state index contributed by atoms with van der Waals surface area (Å²) in [6, 6.07) is 7.89. The van der Waals surface area contributed by atoms with Gasteiger partial charge in [0.05, 0.1) is 13.2 Å². The number of ether oxygens (including phenoxy) is 3. The maximum atomic E-state index is 13.0. The van der Waals surface area contributed by atoms with E-state index in [1.807, 2.05) is 31.2 Å². The van der Waals surface area contributed by atoms with E-state index < -0.39 is 0 Å². The van der Waals surface area contributed by atoms with E-state index in [2.05, 4.69) is 10.3 Å². The quantitative estimate of drug-likeness (QED) is 0.862. The lowest BCUT2D eigenvalue weighted by Gasteiger charge is -2.57. The maximum Gasteiger partial charge on any atom is 0.271 e. The van der Waals surface area contributed by atoms with E-state index in [-0.39, 0.29) is 23.5 Å². The smallest absolute Gasteiger partial charge is 0.271 e. The van der Waals surface area contributed by atoms with E-state index in [0.29, 0.717) is 18.1 Å². The molecule has 4 rings (SSSR count). The molecule has 2 aromatic rings. The number of H-pyrrole nitrogens is 1. The van der Waals surface area contributed by atoms with Crippen molar-refractivity contribution in [2.45, 2.75) is 38.3 Å². The van der Waals surface area contributed by atoms with E-state index in [1.54, 1.807) is 7.11 Å². The van der Waals surface area contributed by atoms with Crippen molar-refractivity contribution in [3.63, 3.8) is 0 Å². The van der Waals surface area contributed by atoms with Gasteiger partial charge in [0.1, 0.15) is 5.69 Å². The zero-order valence-electron chi connectivity index (χ0n) is 15.3. The third-order valence-corrected chi connectivity index (χ3v) is 5.97. The van der Waals surface area contributed by atoms with Gasteiger partial charge in [-0.15, -0.1) is 0 Å². The summed E-state index contributed by atoms with van der Waals surface area (Å²) < 4.78 is 17.0. The van der Waals surface area contributed by atoms with E-state index in [0.717, 1.165) is 43.4 Å². The third kappa shape index (κ3) is 2.68. The van der Waals surface area contributed by atoms with Gasteiger partial charge in [-0.3, -0.25) is 4.79 Å². The number of fused-ring (bicyclic) bond motifs is 1. The summed E-state index contributed by atoms with van der Waals surface area (Å²) in [4.78, 5) is 16.2. The molecule has 6 heteroatoms. The van der Waals surface area contributed by atoms with E-state index in [9.17, 15) is 4.79 Å². The van der Waals surface area contributed by atoms with Gasteiger partial charge in [-0.1, -0.05) is 12.1 Å². The number of carbonyl (C=O) groups is 1. The molecule has 1 aromatic carbocycles. The minimum Gasteiger partial charge on any atom is -0.494 e. The Morgan fingerprint density at radius 3 is 2.85 bits per heavy atom. The molecule has 1 saturated carbocycles. The first-order valence-corrected chi connectivity index (χ1v) is 9.34. The number of benzene rings is 1. The molecule has 2 atom stereocenters. The third-order valence-electron chi connectivity index (χ3n) is 5.97. The second-order valence-electron chi connectivity index (χ2n) is 7.13. The lowest BCUT2D eigenvalue weighted by Crippen LogP contribution is -2.66. The molecule has 2 N–H and O–H groups in total. The molecule has 1 amide bonds. The summed E-state index contributed by atoms with van der Waals surface area (Å²) in [6.45, 7) is 4.18. The number of hydrogen-bond acceptors (Lipinski definition) is 4. The predicted octanol–water partition coefficient (Wildman–Crippen LogP) is 2.88. The van der Waals surface area contributed by atoms with Crippen LogP contribution < -0.4 is 10.1 Å². The van der Waals surface area contributed by atoms with Gasteiger partial charge < -0.3 is 24.5 Å². The van der Waals surface area contributed by atoms with Crippen molar-refractivity contribution in [3.05, 3.63) is 30.0 Å². The van der Waals surface area contributed by atoms with Crippen molar-refractivity contribution < 1.29 is 19.0 Å². The van der Waals surface area contributed by atoms with Crippen molar-refractivity contribution in [2.75, 3.05) is 26.9 Å². The number of para-hydroxylation sites is 1. The van der Waals surface area contributed by atoms with Crippen molar-refractivity contribution in [3.8, 4) is 5.75 Å². The summed E-state index contributed by atoms with van der Waals surface area (Å²) in [5.74, 6) is 0.476. The van der Waals surface area contributed by atoms with Crippen LogP contribution >= 0.6 is 0 Å². The standard InChI is InChI=1S/C20H26N2O4/c1-3-26-16-12-15(20(16)8-10-25-11-9-20)22-19(23)17-18(24-2)13-6-4-5-7-14(13)21-17/h4-7,15-16,21H,3,8-12H2,1-2H3,(H,22,23)/t15-,16-/m1/s1. The highest BCUT2D eigenvalue weighted by Crippen LogP contribution is 2.50. The highest BCUT2D eigenvalue weighted by molar-refractivity contribution is 6.03. The van der Waals surface area contributed by atoms with Gasteiger partial charge in [-0.25, -0.2) is 0 Å². The number of amides is 1. The zero-order valence-corrected chi connectivity index (χ0v) is 15.3. The Morgan fingerprint density at radius 1 is 1.35 bits per heavy atom. The second kappa shape index (κ2) is 6.93. The fourth-order valence-electron chi connectivity index (χ4n) is 4.53. The van der Waals surface area contributed by atoms with Crippen LogP contribution in [0.15, 0.2) is 24.3 Å². The highest BCUT2D eigenvalue weighted by atomic mass is 16.5. The van der Waals surface area contributed by atoms with Crippen molar-refractivity contribution >= 4 is 16.8 Å². The first-order chi connectivity index (χ1) is 12.7. The molecule has 1 aliphatic carbocycles. The Labute approximate surface area is 153 Å². The van der Waals surface area contributed by atoms with Gasteiger partial charge in [0.15, 0.2) is 5.75 Å². The molecular formula is C20H26N2O4. The molecule has 2 aliphatic rings. The van der Waals surface area contributed by atoms with E-state index in [1.165, 1.54) is 0 Å². The molecule has 2 fully saturated rings. The van der Waals surface area contributed by atoms with Gasteiger partial charge in [-0.2, -0.15) is 0 Å². The molecule has 1 saturated heterocycles. The van der Waals surface area contributed by atoms with E-state index >= 15 is 0 Å². The van der Waals surface area contributed by atoms with Crippen LogP contribution in [0.1, 0.15) is 36.7 Å². The summed E-state index contributed by atoms with van der Waals surface area (Å²) in [5.41, 5.74) is 1.37. The van der Waals surface area contributed by atoms with Crippen LogP contribution in [0.5, 0.6) is 5.75 Å². The first kappa shape index (κ1) is 17.4. The Hall–Kier alpha value is -2.05. The van der Waals surface area contributed by atoms with Gasteiger partial charge >= 0.3 is 0 Å². The monoisotopic (exact) mass is 358 g/mol. The molecule has 0 bridgehead atoms. The fourth-order valence-corrected chi connectivity index (χ4v) is 4.53. The van der Waals surface area contributed by atoms with Crippen LogP contribution in [-0.4, -0.2) is 50.0 Å². The van der Waals surface area contributed by atoms with Gasteiger partial charge in [0.2, 0.25) is 0 Å². The number of nitrogens with one attached hydrogen (secondary N) is 2. The number of aromatic nitrogens is 1. The van der Waals surface area contributed by atoms with Gasteiger partial charge in [0.25, 0.3) is 5.91 Å². The number of aromatic amines is 1. The maximum absolute atomic E-state index is 13.0. The Kier molecular flexibility index (Phi) is 4.63. The normalized spacial score (nSPS) is 24.4. The molecule has 140 valence electrons. The van der Waals surface area contributed by atoms with E-state index in [4.69, 9.17) is 14.2 Å². The number of hydrogen-bond donors (Lipinski definition) is 2. The number of carbonyl (C=O) groups excluding carboxylic acids is 1. The summed E-state index contributed by atoms with van der Waals surface area (Å²) >= 11 is 0. The average molecular weight is 358 g/mol. The van der Waals surface area contributed by atoms with Crippen molar-refractivity contribution in [2.24, 2.45) is 5.41 Å². The molecule has 1 aromatic heterocycles. The molecule has 1 spiro atoms. The molecular weight excluding hydrogens is 332 g/mol. The Morgan fingerprint density at radius 2 is 2.12 bits per heavy atom. The molecule has 1 aliphatic heterocycles. The molecule has 26 heavy (non-hydrogen) atoms. The molecule has 0 unspecified atom stereocenters. The Balaban J connectivity index is 1.56. The van der Waals surface area contributed by atoms with Gasteiger partial charge in [0, 0.05) is 42.2 Å². The Bertz CT molecular complexity index is 794. The van der Waals surface area contributed by atoms with Gasteiger partial charge in [-0.05, 0) is 38.3 Å². The SMILES string of the molecule is CCO[C@@H]1C[C@@H](NC(=O)c2[nH]c3ccccc3c2OC)C12CCOCC2. The second-order valence-corrected chi connectivity index (χ2v) is 7.13. The minimum atomic E-state index is -0.121. The number of rotatable bonds is 5. The van der Waals surface area contributed by atoms with Crippen LogP contribution in [-0.2, 0) is 9.47 Å². The molecule has 2 heterocycles. The van der Waals surface area contributed by atoms with Crippen molar-refractivity contribution in [1.29, 1.82) is 0 Å². The van der Waals surface area contributed by atoms with Crippen LogP contribution in [0, 0.1) is 5.41 Å². The summed E-state index contributed by atoms with van der Waals surface area (Å²) in [7, 11) is 1.60. The fraction of sp³-hybridized carbons (Fsp3) is 0.550.